The number of nitro groups is 1. The maximum absolute atomic E-state index is 12.1. The number of thioether (sulfide) groups is 1. The largest absolute Gasteiger partial charge is 0.410 e. The van der Waals surface area contributed by atoms with Gasteiger partial charge >= 0.3 is 5.82 Å². The Hall–Kier alpha value is -1.91. The molecule has 0 bridgehead atoms. The van der Waals surface area contributed by atoms with Crippen LogP contribution in [0.2, 0.25) is 0 Å². The summed E-state index contributed by atoms with van der Waals surface area (Å²) in [6, 6.07) is 9.53. The van der Waals surface area contributed by atoms with Gasteiger partial charge in [-0.25, -0.2) is 13.1 Å². The Morgan fingerprint density at radius 1 is 1.36 bits per heavy atom. The van der Waals surface area contributed by atoms with Gasteiger partial charge in [0.05, 0.1) is 18.3 Å². The fourth-order valence-electron chi connectivity index (χ4n) is 1.71. The standard InChI is InChI=1S/C12H14N4O4S2/c1-15-9-11(12(14-15)16(17)18)22(19,20)13-7-8-21-10-5-3-2-4-6-10/h2-6,9,13H,7-8H2,1H3. The van der Waals surface area contributed by atoms with Gasteiger partial charge in [0.2, 0.25) is 4.90 Å². The third kappa shape index (κ3) is 4.06. The first kappa shape index (κ1) is 16.5. The van der Waals surface area contributed by atoms with Crippen LogP contribution in [0.5, 0.6) is 0 Å². The van der Waals surface area contributed by atoms with Gasteiger partial charge in [-0.2, -0.15) is 4.68 Å². The molecule has 0 aliphatic rings. The van der Waals surface area contributed by atoms with Crippen LogP contribution in [0.1, 0.15) is 0 Å². The Morgan fingerprint density at radius 3 is 2.68 bits per heavy atom. The van der Waals surface area contributed by atoms with Crippen LogP contribution in [0, 0.1) is 10.1 Å². The van der Waals surface area contributed by atoms with Crippen LogP contribution < -0.4 is 4.72 Å². The molecule has 8 nitrogen and oxygen atoms in total. The average molecular weight is 342 g/mol. The van der Waals surface area contributed by atoms with Gasteiger partial charge in [-0.15, -0.1) is 11.8 Å². The monoisotopic (exact) mass is 342 g/mol. The number of hydrogen-bond acceptors (Lipinski definition) is 6. The fourth-order valence-corrected chi connectivity index (χ4v) is 3.80. The molecule has 1 N–H and O–H groups in total. The molecule has 0 fully saturated rings. The third-order valence-corrected chi connectivity index (χ3v) is 5.11. The quantitative estimate of drug-likeness (QED) is 0.353. The molecule has 2 aromatic rings. The number of benzene rings is 1. The summed E-state index contributed by atoms with van der Waals surface area (Å²) in [6.45, 7) is 0.161. The van der Waals surface area contributed by atoms with Crippen molar-refractivity contribution < 1.29 is 13.3 Å². The summed E-state index contributed by atoms with van der Waals surface area (Å²) in [5, 5.41) is 14.4. The van der Waals surface area contributed by atoms with E-state index < -0.39 is 25.7 Å². The average Bonchev–Trinajstić information content (AvgIpc) is 2.88. The first-order valence-electron chi connectivity index (χ1n) is 6.26. The number of rotatable bonds is 7. The maximum Gasteiger partial charge on any atom is 0.410 e. The van der Waals surface area contributed by atoms with E-state index in [4.69, 9.17) is 0 Å². The molecule has 0 saturated heterocycles. The first-order chi connectivity index (χ1) is 10.4. The van der Waals surface area contributed by atoms with E-state index >= 15 is 0 Å². The SMILES string of the molecule is Cn1cc(S(=O)(=O)NCCSc2ccccc2)c([N+](=O)[O-])n1. The minimum absolute atomic E-state index is 0.161. The van der Waals surface area contributed by atoms with Gasteiger partial charge < -0.3 is 10.1 Å². The van der Waals surface area contributed by atoms with Crippen molar-refractivity contribution in [3.8, 4) is 0 Å². The van der Waals surface area contributed by atoms with Crippen LogP contribution >= 0.6 is 11.8 Å². The molecule has 0 aliphatic heterocycles. The van der Waals surface area contributed by atoms with Crippen molar-refractivity contribution in [3.05, 3.63) is 46.6 Å². The van der Waals surface area contributed by atoms with Crippen LogP contribution in [0.3, 0.4) is 0 Å². The summed E-state index contributed by atoms with van der Waals surface area (Å²) in [5.74, 6) is -0.164. The molecule has 0 atom stereocenters. The number of aryl methyl sites for hydroxylation is 1. The van der Waals surface area contributed by atoms with Gasteiger partial charge in [0.1, 0.15) is 0 Å². The van der Waals surface area contributed by atoms with Crippen molar-refractivity contribution in [3.63, 3.8) is 0 Å². The number of sulfonamides is 1. The molecule has 22 heavy (non-hydrogen) atoms. The predicted octanol–water partition coefficient (Wildman–Crippen LogP) is 1.40. The topological polar surface area (TPSA) is 107 Å². The summed E-state index contributed by atoms with van der Waals surface area (Å²) in [7, 11) is -2.53. The summed E-state index contributed by atoms with van der Waals surface area (Å²) in [4.78, 5) is 10.6. The number of aromatic nitrogens is 2. The predicted molar refractivity (Wildman–Crippen MR) is 82.2 cm³/mol. The van der Waals surface area contributed by atoms with Gasteiger partial charge in [0, 0.05) is 17.2 Å². The molecular formula is C12H14N4O4S2. The van der Waals surface area contributed by atoms with Crippen molar-refractivity contribution in [1.82, 2.24) is 14.5 Å². The smallest absolute Gasteiger partial charge is 0.358 e. The summed E-state index contributed by atoms with van der Waals surface area (Å²) in [5.41, 5.74) is 0. The van der Waals surface area contributed by atoms with Crippen LogP contribution in [0.15, 0.2) is 46.3 Å². The van der Waals surface area contributed by atoms with Crippen molar-refractivity contribution in [1.29, 1.82) is 0 Å². The second-order valence-electron chi connectivity index (χ2n) is 4.31. The molecule has 2 rings (SSSR count). The molecule has 1 aromatic heterocycles. The van der Waals surface area contributed by atoms with Gasteiger partial charge in [0.15, 0.2) is 0 Å². The Labute approximate surface area is 131 Å². The first-order valence-corrected chi connectivity index (χ1v) is 8.72. The van der Waals surface area contributed by atoms with Crippen molar-refractivity contribution in [2.75, 3.05) is 12.3 Å². The number of hydrogen-bond donors (Lipinski definition) is 1. The second-order valence-corrected chi connectivity index (χ2v) is 7.21. The van der Waals surface area contributed by atoms with Crippen LogP contribution in [0.25, 0.3) is 0 Å². The highest BCUT2D eigenvalue weighted by Crippen LogP contribution is 2.21. The maximum atomic E-state index is 12.1. The van der Waals surface area contributed by atoms with E-state index in [2.05, 4.69) is 9.82 Å². The van der Waals surface area contributed by atoms with E-state index in [0.29, 0.717) is 5.75 Å². The molecule has 0 aliphatic carbocycles. The van der Waals surface area contributed by atoms with Crippen molar-refractivity contribution >= 4 is 27.6 Å². The second kappa shape index (κ2) is 6.90. The molecule has 0 amide bonds. The van der Waals surface area contributed by atoms with Crippen molar-refractivity contribution in [2.45, 2.75) is 9.79 Å². The molecule has 1 aromatic carbocycles. The zero-order valence-electron chi connectivity index (χ0n) is 11.7. The molecule has 118 valence electrons. The Morgan fingerprint density at radius 2 is 2.05 bits per heavy atom. The highest BCUT2D eigenvalue weighted by Gasteiger charge is 2.30. The number of nitrogens with one attached hydrogen (secondary N) is 1. The van der Waals surface area contributed by atoms with Crippen LogP contribution in [0.4, 0.5) is 5.82 Å². The van der Waals surface area contributed by atoms with E-state index in [1.807, 2.05) is 30.3 Å². The zero-order chi connectivity index (χ0) is 16.2. The van der Waals surface area contributed by atoms with E-state index in [0.717, 1.165) is 15.8 Å². The third-order valence-electron chi connectivity index (χ3n) is 2.65. The van der Waals surface area contributed by atoms with Crippen molar-refractivity contribution in [2.24, 2.45) is 7.05 Å². The van der Waals surface area contributed by atoms with E-state index in [9.17, 15) is 18.5 Å². The van der Waals surface area contributed by atoms with Gasteiger partial charge in [-0.3, -0.25) is 0 Å². The summed E-state index contributed by atoms with van der Waals surface area (Å²) >= 11 is 1.49. The zero-order valence-corrected chi connectivity index (χ0v) is 13.3. The molecule has 0 radical (unpaired) electrons. The minimum Gasteiger partial charge on any atom is -0.358 e. The molecular weight excluding hydrogens is 328 g/mol. The van der Waals surface area contributed by atoms with E-state index in [-0.39, 0.29) is 6.54 Å². The van der Waals surface area contributed by atoms with Gasteiger partial charge in [-0.05, 0) is 17.1 Å². The molecule has 0 unspecified atom stereocenters. The molecule has 0 spiro atoms. The normalized spacial score (nSPS) is 11.5. The lowest BCUT2D eigenvalue weighted by Crippen LogP contribution is -2.26. The Kier molecular flexibility index (Phi) is 5.16. The highest BCUT2D eigenvalue weighted by molar-refractivity contribution is 7.99. The summed E-state index contributed by atoms with van der Waals surface area (Å²) < 4.78 is 27.7. The molecule has 0 saturated carbocycles. The van der Waals surface area contributed by atoms with Gasteiger partial charge in [0.25, 0.3) is 10.0 Å². The number of nitrogens with zero attached hydrogens (tertiary/aromatic N) is 3. The summed E-state index contributed by atoms with van der Waals surface area (Å²) in [6.07, 6.45) is 1.12. The molecule has 10 heteroatoms. The van der Waals surface area contributed by atoms with Gasteiger partial charge in [-0.1, -0.05) is 18.2 Å². The lowest BCUT2D eigenvalue weighted by Gasteiger charge is -2.04. The Balaban J connectivity index is 1.98. The lowest BCUT2D eigenvalue weighted by atomic mass is 10.4. The highest BCUT2D eigenvalue weighted by atomic mass is 32.2. The fraction of sp³-hybridized carbons (Fsp3) is 0.250. The van der Waals surface area contributed by atoms with Crippen LogP contribution in [-0.2, 0) is 17.1 Å². The minimum atomic E-state index is -3.96. The van der Waals surface area contributed by atoms with Crippen LogP contribution in [-0.4, -0.2) is 35.4 Å². The Bertz CT molecular complexity index is 759. The van der Waals surface area contributed by atoms with E-state index in [1.54, 1.807) is 0 Å². The van der Waals surface area contributed by atoms with E-state index in [1.165, 1.54) is 18.8 Å². The molecule has 1 heterocycles. The lowest BCUT2D eigenvalue weighted by molar-refractivity contribution is -0.392.